The minimum atomic E-state index is 0.211. The maximum atomic E-state index is 11.8. The molecule has 0 aliphatic carbocycles. The van der Waals surface area contributed by atoms with E-state index in [1.165, 1.54) is 30.6 Å². The van der Waals surface area contributed by atoms with E-state index in [0.29, 0.717) is 6.42 Å². The second-order valence-corrected chi connectivity index (χ2v) is 8.68. The Kier molecular flexibility index (Phi) is 8.16. The van der Waals surface area contributed by atoms with Gasteiger partial charge in [0.05, 0.1) is 0 Å². The highest BCUT2D eigenvalue weighted by atomic mass is 33.1. The maximum absolute atomic E-state index is 11.8. The first kappa shape index (κ1) is 17.7. The van der Waals surface area contributed by atoms with E-state index < -0.39 is 0 Å². The Morgan fingerprint density at radius 3 is 2.86 bits per heavy atom. The van der Waals surface area contributed by atoms with Crippen LogP contribution in [0.25, 0.3) is 0 Å². The summed E-state index contributed by atoms with van der Waals surface area (Å²) in [4.78, 5) is 11.8. The first-order valence-corrected chi connectivity index (χ1v) is 10.6. The molecule has 1 aromatic heterocycles. The van der Waals surface area contributed by atoms with Crippen LogP contribution in [0.3, 0.4) is 0 Å². The number of rotatable bonds is 9. The lowest BCUT2D eigenvalue weighted by atomic mass is 10.1. The maximum Gasteiger partial charge on any atom is 0.219 e. The molecule has 3 nitrogen and oxygen atoms in total. The highest BCUT2D eigenvalue weighted by Crippen LogP contribution is 2.39. The van der Waals surface area contributed by atoms with Crippen molar-refractivity contribution in [2.24, 2.45) is 0 Å². The molecule has 22 heavy (non-hydrogen) atoms. The van der Waals surface area contributed by atoms with Crippen molar-refractivity contribution in [3.8, 4) is 0 Å². The van der Waals surface area contributed by atoms with Crippen molar-refractivity contribution >= 4 is 27.5 Å². The van der Waals surface area contributed by atoms with Gasteiger partial charge in [0, 0.05) is 42.5 Å². The van der Waals surface area contributed by atoms with Crippen molar-refractivity contribution in [2.45, 2.75) is 57.2 Å². The van der Waals surface area contributed by atoms with Gasteiger partial charge in [-0.2, -0.15) is 0 Å². The monoisotopic (exact) mass is 339 g/mol. The van der Waals surface area contributed by atoms with Gasteiger partial charge in [-0.15, -0.1) is 0 Å². The van der Waals surface area contributed by atoms with E-state index in [0.717, 1.165) is 31.2 Å². The molecule has 1 N–H and O–H groups in total. The third kappa shape index (κ3) is 7.05. The summed E-state index contributed by atoms with van der Waals surface area (Å²) in [5.41, 5.74) is 1.28. The average Bonchev–Trinajstić information content (AvgIpc) is 3.03. The number of unbranched alkanes of at least 4 members (excludes halogenated alkanes) is 1. The zero-order valence-corrected chi connectivity index (χ0v) is 15.1. The lowest BCUT2D eigenvalue weighted by Crippen LogP contribution is -2.35. The first-order chi connectivity index (χ1) is 10.7. The molecule has 122 valence electrons. The number of nitrogens with zero attached hydrogens (tertiary/aromatic N) is 1. The van der Waals surface area contributed by atoms with E-state index in [2.05, 4.69) is 41.3 Å². The van der Waals surface area contributed by atoms with Crippen LogP contribution in [0.4, 0.5) is 0 Å². The fraction of sp³-hybridized carbons (Fsp3) is 0.647. The minimum absolute atomic E-state index is 0.211. The van der Waals surface area contributed by atoms with Gasteiger partial charge in [-0.1, -0.05) is 28.0 Å². The molecule has 0 bridgehead atoms. The van der Waals surface area contributed by atoms with Crippen LogP contribution in [-0.2, 0) is 11.3 Å². The summed E-state index contributed by atoms with van der Waals surface area (Å²) >= 11 is 0. The highest BCUT2D eigenvalue weighted by Gasteiger charge is 2.15. The summed E-state index contributed by atoms with van der Waals surface area (Å²) in [5.74, 6) is 1.51. The minimum Gasteiger partial charge on any atom is -0.356 e. The van der Waals surface area contributed by atoms with Crippen molar-refractivity contribution in [1.82, 2.24) is 5.32 Å². The zero-order valence-electron chi connectivity index (χ0n) is 13.4. The number of hydrogen-bond donors (Lipinski definition) is 1. The molecule has 0 aromatic carbocycles. The van der Waals surface area contributed by atoms with Crippen LogP contribution in [0.5, 0.6) is 0 Å². The van der Waals surface area contributed by atoms with E-state index in [4.69, 9.17) is 0 Å². The smallest absolute Gasteiger partial charge is 0.219 e. The molecule has 2 rings (SSSR count). The summed E-state index contributed by atoms with van der Waals surface area (Å²) in [7, 11) is 4.02. The van der Waals surface area contributed by atoms with Crippen LogP contribution in [0.2, 0.25) is 0 Å². The van der Waals surface area contributed by atoms with Gasteiger partial charge in [0.2, 0.25) is 5.91 Å². The molecular formula is C17H27N2OS2+. The second-order valence-electron chi connectivity index (χ2n) is 5.89. The van der Waals surface area contributed by atoms with Gasteiger partial charge in [-0.25, -0.2) is 4.57 Å². The van der Waals surface area contributed by atoms with Crippen molar-refractivity contribution in [3.63, 3.8) is 0 Å². The number of pyridine rings is 1. The molecule has 0 spiro atoms. The fourth-order valence-electron chi connectivity index (χ4n) is 2.48. The number of nitrogens with one attached hydrogen (secondary N) is 1. The third-order valence-corrected chi connectivity index (χ3v) is 6.89. The van der Waals surface area contributed by atoms with Gasteiger partial charge < -0.3 is 5.32 Å². The van der Waals surface area contributed by atoms with Crippen LogP contribution in [0.1, 0.15) is 44.1 Å². The molecule has 1 amide bonds. The molecule has 1 fully saturated rings. The Hall–Kier alpha value is -0.680. The van der Waals surface area contributed by atoms with Gasteiger partial charge in [0.1, 0.15) is 6.54 Å². The van der Waals surface area contributed by atoms with Gasteiger partial charge in [0.15, 0.2) is 12.4 Å². The molecule has 1 aliphatic heterocycles. The Morgan fingerprint density at radius 1 is 1.32 bits per heavy atom. The SMILES string of the molecule is Cc1cc[n+](CCCNC(=O)CCCCC2CCSS2)cc1. The van der Waals surface area contributed by atoms with E-state index in [9.17, 15) is 4.79 Å². The Bertz CT molecular complexity index is 444. The van der Waals surface area contributed by atoms with Crippen molar-refractivity contribution < 1.29 is 9.36 Å². The normalized spacial score (nSPS) is 17.6. The quantitative estimate of drug-likeness (QED) is 0.425. The summed E-state index contributed by atoms with van der Waals surface area (Å²) in [6.07, 6.45) is 10.7. The number of aromatic nitrogens is 1. The number of hydrogen-bond acceptors (Lipinski definition) is 3. The Labute approximate surface area is 142 Å². The highest BCUT2D eigenvalue weighted by molar-refractivity contribution is 8.77. The molecule has 1 aliphatic rings. The Morgan fingerprint density at radius 2 is 2.14 bits per heavy atom. The lowest BCUT2D eigenvalue weighted by Gasteiger charge is -2.07. The van der Waals surface area contributed by atoms with Gasteiger partial charge in [-0.05, 0) is 31.7 Å². The van der Waals surface area contributed by atoms with E-state index >= 15 is 0 Å². The molecule has 0 radical (unpaired) electrons. The summed E-state index contributed by atoms with van der Waals surface area (Å²) in [6.45, 7) is 3.82. The van der Waals surface area contributed by atoms with E-state index in [1.54, 1.807) is 0 Å². The van der Waals surface area contributed by atoms with Crippen molar-refractivity contribution in [2.75, 3.05) is 12.3 Å². The fourth-order valence-corrected chi connectivity index (χ4v) is 5.51. The number of aryl methyl sites for hydroxylation is 2. The summed E-state index contributed by atoms with van der Waals surface area (Å²) in [6, 6.07) is 4.22. The van der Waals surface area contributed by atoms with E-state index in [-0.39, 0.29) is 5.91 Å². The molecular weight excluding hydrogens is 312 g/mol. The largest absolute Gasteiger partial charge is 0.356 e. The summed E-state index contributed by atoms with van der Waals surface area (Å²) in [5, 5.41) is 3.86. The Balaban J connectivity index is 1.46. The van der Waals surface area contributed by atoms with Crippen LogP contribution in [0.15, 0.2) is 24.5 Å². The molecule has 2 heterocycles. The van der Waals surface area contributed by atoms with Crippen LogP contribution in [-0.4, -0.2) is 23.5 Å². The van der Waals surface area contributed by atoms with Crippen LogP contribution < -0.4 is 9.88 Å². The van der Waals surface area contributed by atoms with Gasteiger partial charge >= 0.3 is 0 Å². The number of carbonyl (C=O) groups excluding carboxylic acids is 1. The number of carbonyl (C=O) groups is 1. The molecule has 1 aromatic rings. The molecule has 1 atom stereocenters. The van der Waals surface area contributed by atoms with Crippen LogP contribution >= 0.6 is 21.6 Å². The van der Waals surface area contributed by atoms with Crippen molar-refractivity contribution in [3.05, 3.63) is 30.1 Å². The second kappa shape index (κ2) is 10.2. The predicted molar refractivity (Wildman–Crippen MR) is 95.9 cm³/mol. The predicted octanol–water partition coefficient (Wildman–Crippen LogP) is 3.50. The zero-order chi connectivity index (χ0) is 15.6. The molecule has 1 saturated heterocycles. The van der Waals surface area contributed by atoms with E-state index in [1.807, 2.05) is 21.6 Å². The standard InChI is InChI=1S/C17H26N2OS2/c1-15-7-12-19(13-8-15)11-4-10-18-17(20)6-3-2-5-16-9-14-21-22-16/h7-8,12-13,16H,2-6,9-11,14H2,1H3/p+1. The lowest BCUT2D eigenvalue weighted by molar-refractivity contribution is -0.697. The molecule has 0 saturated carbocycles. The third-order valence-electron chi connectivity index (χ3n) is 3.88. The van der Waals surface area contributed by atoms with Gasteiger partial charge in [-0.3, -0.25) is 4.79 Å². The molecule has 5 heteroatoms. The topological polar surface area (TPSA) is 33.0 Å². The average molecular weight is 340 g/mol. The molecule has 1 unspecified atom stereocenters. The van der Waals surface area contributed by atoms with Gasteiger partial charge in [0.25, 0.3) is 0 Å². The number of amides is 1. The van der Waals surface area contributed by atoms with Crippen molar-refractivity contribution in [1.29, 1.82) is 0 Å². The first-order valence-electron chi connectivity index (χ1n) is 8.25. The van der Waals surface area contributed by atoms with Crippen LogP contribution in [0, 0.1) is 6.92 Å². The summed E-state index contributed by atoms with van der Waals surface area (Å²) < 4.78 is 2.16.